The van der Waals surface area contributed by atoms with Crippen LogP contribution in [0, 0.1) is 32.6 Å². The maximum Gasteiger partial charge on any atom is 0.269 e. The lowest BCUT2D eigenvalue weighted by Crippen LogP contribution is -2.50. The van der Waals surface area contributed by atoms with Crippen molar-refractivity contribution in [3.8, 4) is 0 Å². The van der Waals surface area contributed by atoms with Gasteiger partial charge in [0.2, 0.25) is 0 Å². The van der Waals surface area contributed by atoms with Crippen molar-refractivity contribution in [2.24, 2.45) is 5.41 Å². The molecule has 0 amide bonds. The van der Waals surface area contributed by atoms with E-state index in [0.29, 0.717) is 0 Å². The lowest BCUT2D eigenvalue weighted by atomic mass is 9.69. The number of hydrogen-bond acceptors (Lipinski definition) is 6. The highest BCUT2D eigenvalue weighted by atomic mass is 16.6. The van der Waals surface area contributed by atoms with Crippen molar-refractivity contribution < 1.29 is 14.6 Å². The fraction of sp³-hybridized carbons (Fsp3) is 0.269. The van der Waals surface area contributed by atoms with Crippen molar-refractivity contribution in [2.75, 3.05) is 4.90 Å². The zero-order valence-electron chi connectivity index (χ0n) is 19.2. The molecule has 3 aromatic carbocycles. The molecule has 0 spiro atoms. The van der Waals surface area contributed by atoms with E-state index in [1.807, 2.05) is 45.0 Å². The van der Waals surface area contributed by atoms with Crippen LogP contribution in [0.3, 0.4) is 0 Å². The smallest absolute Gasteiger partial charge is 0.269 e. The number of aryl methyl sites for hydroxylation is 1. The summed E-state index contributed by atoms with van der Waals surface area (Å²) in [6.07, 6.45) is 0.238. The standard InChI is InChI=1S/C26H25N3O5/c1-17-4-10-20(11-5-17)27-23(18-6-12-21(13-7-18)28(31)32)16-24(30)26(2,3)25(27)19-8-14-22(15-9-19)29(33)34/h4-15,23,25H,16H2,1-3H3/t23-,25-/m1/s1. The molecule has 0 unspecified atom stereocenters. The molecule has 0 N–H and O–H groups in total. The summed E-state index contributed by atoms with van der Waals surface area (Å²) in [4.78, 5) is 37.0. The van der Waals surface area contributed by atoms with Crippen LogP contribution in [0.4, 0.5) is 17.1 Å². The molecule has 4 rings (SSSR count). The number of anilines is 1. The lowest BCUT2D eigenvalue weighted by molar-refractivity contribution is -0.385. The Hall–Kier alpha value is -4.07. The number of ketones is 1. The molecular formula is C26H25N3O5. The number of non-ortho nitro benzene ring substituents is 2. The van der Waals surface area contributed by atoms with E-state index in [2.05, 4.69) is 4.90 Å². The topological polar surface area (TPSA) is 107 Å². The molecule has 1 aliphatic rings. The predicted molar refractivity (Wildman–Crippen MR) is 129 cm³/mol. The van der Waals surface area contributed by atoms with Gasteiger partial charge in [0.05, 0.1) is 21.9 Å². The van der Waals surface area contributed by atoms with Crippen molar-refractivity contribution >= 4 is 22.8 Å². The second-order valence-electron chi connectivity index (χ2n) is 9.21. The number of Topliss-reactive ketones (excluding diaryl/α,β-unsaturated/α-hetero) is 1. The molecular weight excluding hydrogens is 434 g/mol. The van der Waals surface area contributed by atoms with E-state index in [4.69, 9.17) is 0 Å². The van der Waals surface area contributed by atoms with E-state index in [1.165, 1.54) is 24.3 Å². The molecule has 1 aliphatic heterocycles. The van der Waals surface area contributed by atoms with Gasteiger partial charge in [-0.1, -0.05) is 55.8 Å². The number of piperidine rings is 1. The molecule has 1 fully saturated rings. The highest BCUT2D eigenvalue weighted by molar-refractivity contribution is 5.89. The number of nitro benzene ring substituents is 2. The minimum absolute atomic E-state index is 0.0139. The summed E-state index contributed by atoms with van der Waals surface area (Å²) in [5, 5.41) is 22.3. The Kier molecular flexibility index (Phi) is 5.91. The van der Waals surface area contributed by atoms with E-state index in [0.717, 1.165) is 22.4 Å². The van der Waals surface area contributed by atoms with Crippen LogP contribution < -0.4 is 4.90 Å². The van der Waals surface area contributed by atoms with E-state index < -0.39 is 21.3 Å². The third kappa shape index (κ3) is 4.14. The Morgan fingerprint density at radius 3 is 1.74 bits per heavy atom. The van der Waals surface area contributed by atoms with Crippen LogP contribution in [0.5, 0.6) is 0 Å². The number of nitro groups is 2. The van der Waals surface area contributed by atoms with Crippen LogP contribution in [0.1, 0.15) is 49.0 Å². The van der Waals surface area contributed by atoms with Gasteiger partial charge in [-0.2, -0.15) is 0 Å². The van der Waals surface area contributed by atoms with Gasteiger partial charge in [-0.15, -0.1) is 0 Å². The minimum atomic E-state index is -0.779. The first kappa shape index (κ1) is 23.1. The van der Waals surface area contributed by atoms with Gasteiger partial charge in [0.1, 0.15) is 5.78 Å². The van der Waals surface area contributed by atoms with Crippen LogP contribution in [0.2, 0.25) is 0 Å². The summed E-state index contributed by atoms with van der Waals surface area (Å²) >= 11 is 0. The number of hydrogen-bond donors (Lipinski definition) is 0. The second-order valence-corrected chi connectivity index (χ2v) is 9.21. The van der Waals surface area contributed by atoms with E-state index in [9.17, 15) is 25.0 Å². The quantitative estimate of drug-likeness (QED) is 0.337. The van der Waals surface area contributed by atoms with Crippen LogP contribution >= 0.6 is 0 Å². The van der Waals surface area contributed by atoms with Crippen molar-refractivity contribution in [3.05, 3.63) is 110 Å². The monoisotopic (exact) mass is 459 g/mol. The Balaban J connectivity index is 1.89. The molecule has 34 heavy (non-hydrogen) atoms. The van der Waals surface area contributed by atoms with Crippen molar-refractivity contribution in [1.82, 2.24) is 0 Å². The summed E-state index contributed by atoms with van der Waals surface area (Å²) in [5.41, 5.74) is 2.77. The predicted octanol–water partition coefficient (Wildman–Crippen LogP) is 6.10. The Morgan fingerprint density at radius 1 is 0.794 bits per heavy atom. The third-order valence-electron chi connectivity index (χ3n) is 6.64. The average Bonchev–Trinajstić information content (AvgIpc) is 2.81. The summed E-state index contributed by atoms with van der Waals surface area (Å²) in [5.74, 6) is 0.0579. The molecule has 0 saturated carbocycles. The van der Waals surface area contributed by atoms with Gasteiger partial charge in [0.25, 0.3) is 11.4 Å². The highest BCUT2D eigenvalue weighted by Gasteiger charge is 2.49. The molecule has 0 aliphatic carbocycles. The van der Waals surface area contributed by atoms with Gasteiger partial charge in [-0.05, 0) is 30.2 Å². The van der Waals surface area contributed by atoms with Crippen molar-refractivity contribution in [1.29, 1.82) is 0 Å². The molecule has 3 aromatic rings. The fourth-order valence-electron chi connectivity index (χ4n) is 4.72. The molecule has 8 heteroatoms. The molecule has 174 valence electrons. The maximum atomic E-state index is 13.4. The molecule has 1 saturated heterocycles. The number of carbonyl (C=O) groups is 1. The normalized spacial score (nSPS) is 19.6. The van der Waals surface area contributed by atoms with Crippen LogP contribution in [0.15, 0.2) is 72.8 Å². The van der Waals surface area contributed by atoms with Crippen LogP contribution in [-0.4, -0.2) is 15.6 Å². The first-order valence-electron chi connectivity index (χ1n) is 11.0. The summed E-state index contributed by atoms with van der Waals surface area (Å²) in [7, 11) is 0. The highest BCUT2D eigenvalue weighted by Crippen LogP contribution is 2.52. The lowest BCUT2D eigenvalue weighted by Gasteiger charge is -2.51. The Morgan fingerprint density at radius 2 is 1.26 bits per heavy atom. The molecule has 0 bridgehead atoms. The maximum absolute atomic E-state index is 13.4. The summed E-state index contributed by atoms with van der Waals surface area (Å²) in [6.45, 7) is 5.79. The summed E-state index contributed by atoms with van der Waals surface area (Å²) in [6, 6.07) is 19.9. The Bertz CT molecular complexity index is 1230. The molecule has 2 atom stereocenters. The molecule has 0 aromatic heterocycles. The second kappa shape index (κ2) is 8.70. The zero-order valence-corrected chi connectivity index (χ0v) is 19.2. The fourth-order valence-corrected chi connectivity index (χ4v) is 4.72. The van der Waals surface area contributed by atoms with Crippen molar-refractivity contribution in [2.45, 2.75) is 39.3 Å². The molecule has 0 radical (unpaired) electrons. The number of carbonyl (C=O) groups excluding carboxylic acids is 1. The van der Waals surface area contributed by atoms with E-state index in [-0.39, 0.29) is 29.6 Å². The van der Waals surface area contributed by atoms with Crippen LogP contribution in [0.25, 0.3) is 0 Å². The van der Waals surface area contributed by atoms with Gasteiger partial charge in [0.15, 0.2) is 0 Å². The van der Waals surface area contributed by atoms with Gasteiger partial charge in [-0.3, -0.25) is 25.0 Å². The largest absolute Gasteiger partial charge is 0.356 e. The van der Waals surface area contributed by atoms with Gasteiger partial charge in [0, 0.05) is 41.8 Å². The SMILES string of the molecule is Cc1ccc(N2[C@@H](c3ccc([N+](=O)[O-])cc3)CC(=O)C(C)(C)[C@H]2c2ccc([N+](=O)[O-])cc2)cc1. The zero-order chi connectivity index (χ0) is 24.6. The van der Waals surface area contributed by atoms with Gasteiger partial charge in [-0.25, -0.2) is 0 Å². The van der Waals surface area contributed by atoms with Gasteiger partial charge >= 0.3 is 0 Å². The minimum Gasteiger partial charge on any atom is -0.356 e. The van der Waals surface area contributed by atoms with Gasteiger partial charge < -0.3 is 4.90 Å². The molecule has 8 nitrogen and oxygen atoms in total. The average molecular weight is 460 g/mol. The number of nitrogens with zero attached hydrogens (tertiary/aromatic N) is 3. The van der Waals surface area contributed by atoms with Crippen molar-refractivity contribution in [3.63, 3.8) is 0 Å². The molecule has 1 heterocycles. The first-order valence-corrected chi connectivity index (χ1v) is 11.0. The Labute approximate surface area is 197 Å². The first-order chi connectivity index (χ1) is 16.1. The number of benzene rings is 3. The van der Waals surface area contributed by atoms with Crippen LogP contribution in [-0.2, 0) is 4.79 Å². The van der Waals surface area contributed by atoms with E-state index in [1.54, 1.807) is 24.3 Å². The third-order valence-corrected chi connectivity index (χ3v) is 6.64. The number of rotatable bonds is 5. The van der Waals surface area contributed by atoms with E-state index >= 15 is 0 Å². The summed E-state index contributed by atoms with van der Waals surface area (Å²) < 4.78 is 0.